The number of hydrogen-bond acceptors (Lipinski definition) is 3. The zero-order chi connectivity index (χ0) is 12.1. The number of rotatable bonds is 5. The minimum absolute atomic E-state index is 1.11. The molecule has 0 spiro atoms. The maximum Gasteiger partial charge on any atom is 0.401 e. The number of alkyl halides is 5. The number of oxime groups is 1. The molecule has 0 fully saturated rings. The van der Waals surface area contributed by atoms with Gasteiger partial charge in [0, 0.05) is 0 Å². The van der Waals surface area contributed by atoms with Crippen LogP contribution in [-0.4, -0.2) is 36.9 Å². The van der Waals surface area contributed by atoms with E-state index in [1.54, 1.807) is 0 Å². The molecule has 0 aromatic rings. The number of nitrogens with zero attached hydrogens (tertiary/aromatic N) is 1. The smallest absolute Gasteiger partial charge is 0.401 e. The second-order valence-corrected chi connectivity index (χ2v) is 2.55. The van der Waals surface area contributed by atoms with Crippen LogP contribution in [0.3, 0.4) is 0 Å². The molecular weight excluding hydrogens is 227 g/mol. The second-order valence-electron chi connectivity index (χ2n) is 2.55. The molecule has 1 atom stereocenters. The highest BCUT2D eigenvalue weighted by Crippen LogP contribution is 2.26. The summed E-state index contributed by atoms with van der Waals surface area (Å²) in [7, 11) is 0. The molecule has 9 heteroatoms. The summed E-state index contributed by atoms with van der Waals surface area (Å²) in [6, 6.07) is 0. The minimum Gasteiger partial charge on any atom is -0.409 e. The van der Waals surface area contributed by atoms with E-state index in [2.05, 4.69) is 9.89 Å². The quantitative estimate of drug-likeness (QED) is 0.248. The third kappa shape index (κ3) is 5.35. The van der Waals surface area contributed by atoms with Crippen LogP contribution in [0.2, 0.25) is 0 Å². The molecule has 0 aromatic heterocycles. The molecule has 0 bridgehead atoms. The van der Waals surface area contributed by atoms with E-state index in [-0.39, 0.29) is 0 Å². The first-order valence-electron chi connectivity index (χ1n) is 3.69. The number of nitrogens with two attached hydrogens (primary N) is 1. The number of halogens is 5. The maximum absolute atomic E-state index is 12.1. The van der Waals surface area contributed by atoms with Crippen molar-refractivity contribution in [3.63, 3.8) is 0 Å². The Balaban J connectivity index is 4.28. The van der Waals surface area contributed by atoms with E-state index in [1.165, 1.54) is 0 Å². The summed E-state index contributed by atoms with van der Waals surface area (Å²) in [5.74, 6) is -3.52. The largest absolute Gasteiger partial charge is 0.409 e. The van der Waals surface area contributed by atoms with E-state index in [1.807, 2.05) is 0 Å². The third-order valence-corrected chi connectivity index (χ3v) is 1.40. The average molecular weight is 236 g/mol. The van der Waals surface area contributed by atoms with Gasteiger partial charge in [0.1, 0.15) is 12.5 Å². The van der Waals surface area contributed by atoms with E-state index in [9.17, 15) is 22.0 Å². The van der Waals surface area contributed by atoms with Gasteiger partial charge in [-0.1, -0.05) is 5.16 Å². The summed E-state index contributed by atoms with van der Waals surface area (Å²) in [5.41, 5.74) is 4.73. The number of amidine groups is 1. The molecule has 0 aliphatic carbocycles. The minimum atomic E-state index is -4.81. The van der Waals surface area contributed by atoms with Gasteiger partial charge in [0.05, 0.1) is 6.61 Å². The fourth-order valence-electron chi connectivity index (χ4n) is 0.692. The zero-order valence-corrected chi connectivity index (χ0v) is 7.34. The molecule has 0 aliphatic heterocycles. The van der Waals surface area contributed by atoms with Gasteiger partial charge in [-0.15, -0.1) is 0 Å². The molecule has 0 amide bonds. The Morgan fingerprint density at radius 2 is 1.87 bits per heavy atom. The summed E-state index contributed by atoms with van der Waals surface area (Å²) in [5, 5.41) is 10.2. The molecule has 90 valence electrons. The van der Waals surface area contributed by atoms with E-state index in [4.69, 9.17) is 10.9 Å². The molecule has 0 radical (unpaired) electrons. The Morgan fingerprint density at radius 1 is 1.33 bits per heavy atom. The maximum atomic E-state index is 12.1. The molecular formula is C6H9F5N2O2. The lowest BCUT2D eigenvalue weighted by molar-refractivity contribution is -0.171. The van der Waals surface area contributed by atoms with Crippen molar-refractivity contribution in [1.82, 2.24) is 0 Å². The monoisotopic (exact) mass is 236 g/mol. The summed E-state index contributed by atoms with van der Waals surface area (Å²) in [6.45, 7) is -2.24. The normalized spacial score (nSPS) is 15.7. The van der Waals surface area contributed by atoms with Crippen molar-refractivity contribution in [3.05, 3.63) is 0 Å². The van der Waals surface area contributed by atoms with Crippen LogP contribution in [-0.2, 0) is 4.74 Å². The topological polar surface area (TPSA) is 67.8 Å². The Kier molecular flexibility index (Phi) is 5.26. The molecule has 0 saturated heterocycles. The lowest BCUT2D eigenvalue weighted by Crippen LogP contribution is -2.39. The Morgan fingerprint density at radius 3 is 2.20 bits per heavy atom. The first-order valence-corrected chi connectivity index (χ1v) is 3.69. The van der Waals surface area contributed by atoms with E-state index in [0.29, 0.717) is 0 Å². The summed E-state index contributed by atoms with van der Waals surface area (Å²) in [4.78, 5) is 0. The SMILES string of the molecule is NC(=NO)C(COCC(F)F)C(F)(F)F. The van der Waals surface area contributed by atoms with Crippen LogP contribution in [0.15, 0.2) is 5.16 Å². The fraction of sp³-hybridized carbons (Fsp3) is 0.833. The molecule has 0 aromatic carbocycles. The van der Waals surface area contributed by atoms with E-state index >= 15 is 0 Å². The standard InChI is InChI=1S/C6H9F5N2O2/c7-4(8)2-15-1-3(5(12)13-14)6(9,10)11/h3-4,14H,1-2H2,(H2,12,13). The van der Waals surface area contributed by atoms with Crippen molar-refractivity contribution in [2.24, 2.45) is 16.8 Å². The Labute approximate surface area is 81.5 Å². The van der Waals surface area contributed by atoms with Crippen LogP contribution in [0.1, 0.15) is 0 Å². The Hall–Kier alpha value is -1.12. The van der Waals surface area contributed by atoms with Gasteiger partial charge in [-0.3, -0.25) is 0 Å². The first kappa shape index (κ1) is 13.9. The van der Waals surface area contributed by atoms with Crippen LogP contribution in [0.4, 0.5) is 22.0 Å². The number of hydrogen-bond donors (Lipinski definition) is 2. The summed E-state index contributed by atoms with van der Waals surface area (Å²) >= 11 is 0. The number of ether oxygens (including phenoxy) is 1. The molecule has 3 N–H and O–H groups in total. The first-order chi connectivity index (χ1) is 6.79. The zero-order valence-electron chi connectivity index (χ0n) is 7.34. The van der Waals surface area contributed by atoms with Gasteiger partial charge in [-0.25, -0.2) is 8.78 Å². The van der Waals surface area contributed by atoms with Crippen LogP contribution < -0.4 is 5.73 Å². The molecule has 0 rings (SSSR count). The van der Waals surface area contributed by atoms with Gasteiger partial charge >= 0.3 is 6.18 Å². The van der Waals surface area contributed by atoms with Gasteiger partial charge in [0.2, 0.25) is 0 Å². The van der Waals surface area contributed by atoms with Gasteiger partial charge in [0.25, 0.3) is 6.43 Å². The van der Waals surface area contributed by atoms with Gasteiger partial charge < -0.3 is 15.7 Å². The predicted molar refractivity (Wildman–Crippen MR) is 39.8 cm³/mol. The van der Waals surface area contributed by atoms with E-state index < -0.39 is 37.6 Å². The average Bonchev–Trinajstić information content (AvgIpc) is 2.09. The molecule has 15 heavy (non-hydrogen) atoms. The van der Waals surface area contributed by atoms with Crippen LogP contribution in [0.5, 0.6) is 0 Å². The van der Waals surface area contributed by atoms with Crippen molar-refractivity contribution in [3.8, 4) is 0 Å². The van der Waals surface area contributed by atoms with Crippen molar-refractivity contribution in [2.75, 3.05) is 13.2 Å². The van der Waals surface area contributed by atoms with Crippen LogP contribution >= 0.6 is 0 Å². The lowest BCUT2D eigenvalue weighted by Gasteiger charge is -2.18. The van der Waals surface area contributed by atoms with Crippen molar-refractivity contribution >= 4 is 5.84 Å². The van der Waals surface area contributed by atoms with Crippen molar-refractivity contribution in [1.29, 1.82) is 0 Å². The highest BCUT2D eigenvalue weighted by atomic mass is 19.4. The van der Waals surface area contributed by atoms with Crippen LogP contribution in [0.25, 0.3) is 0 Å². The van der Waals surface area contributed by atoms with Crippen molar-refractivity contribution < 1.29 is 31.9 Å². The van der Waals surface area contributed by atoms with Gasteiger partial charge in [-0.2, -0.15) is 13.2 Å². The molecule has 4 nitrogen and oxygen atoms in total. The molecule has 0 saturated carbocycles. The Bertz CT molecular complexity index is 218. The summed E-state index contributed by atoms with van der Waals surface area (Å²) < 4.78 is 63.6. The van der Waals surface area contributed by atoms with Crippen LogP contribution in [0, 0.1) is 5.92 Å². The predicted octanol–water partition coefficient (Wildman–Crippen LogP) is 1.19. The third-order valence-electron chi connectivity index (χ3n) is 1.40. The molecule has 0 heterocycles. The lowest BCUT2D eigenvalue weighted by atomic mass is 10.1. The van der Waals surface area contributed by atoms with Gasteiger partial charge in [0.15, 0.2) is 5.84 Å². The highest BCUT2D eigenvalue weighted by molar-refractivity contribution is 5.83. The van der Waals surface area contributed by atoms with E-state index in [0.717, 1.165) is 0 Å². The van der Waals surface area contributed by atoms with Gasteiger partial charge in [-0.05, 0) is 0 Å². The summed E-state index contributed by atoms with van der Waals surface area (Å²) in [6.07, 6.45) is -7.68. The molecule has 1 unspecified atom stereocenters. The second kappa shape index (κ2) is 5.69. The molecule has 0 aliphatic rings. The van der Waals surface area contributed by atoms with Crippen molar-refractivity contribution in [2.45, 2.75) is 12.6 Å². The highest BCUT2D eigenvalue weighted by Gasteiger charge is 2.43. The fourth-order valence-corrected chi connectivity index (χ4v) is 0.692.